The van der Waals surface area contributed by atoms with Crippen LogP contribution in [0, 0.1) is 11.6 Å². The van der Waals surface area contributed by atoms with Crippen molar-refractivity contribution in [2.45, 2.75) is 24.5 Å². The molecule has 0 fully saturated rings. The predicted octanol–water partition coefficient (Wildman–Crippen LogP) is 3.18. The number of nitrogens with one attached hydrogen (secondary N) is 1. The maximum absolute atomic E-state index is 15.0. The number of ether oxygens (including phenoxy) is 2. The molecule has 0 bridgehead atoms. The fraction of sp³-hybridized carbons (Fsp3) is 0.286. The molecule has 2 atom stereocenters. The number of pyridine rings is 1. The van der Waals surface area contributed by atoms with Crippen LogP contribution in [-0.2, 0) is 15.8 Å². The van der Waals surface area contributed by atoms with E-state index in [0.717, 1.165) is 12.3 Å². The van der Waals surface area contributed by atoms with Gasteiger partial charge in [0.25, 0.3) is 5.91 Å². The maximum Gasteiger partial charge on any atom is 0.333 e. The highest BCUT2D eigenvalue weighted by Crippen LogP contribution is 2.46. The number of fused-ring (bicyclic) bond motifs is 2. The van der Waals surface area contributed by atoms with E-state index in [0.29, 0.717) is 10.7 Å². The third kappa shape index (κ3) is 5.16. The lowest BCUT2D eigenvalue weighted by molar-refractivity contribution is -0.123. The monoisotopic (exact) mass is 637 g/mol. The minimum Gasteiger partial charge on any atom is -0.494 e. The van der Waals surface area contributed by atoms with Gasteiger partial charge < -0.3 is 30.7 Å². The number of halogens is 5. The molecular weight excluding hydrogens is 614 g/mol. The second-order valence-electron chi connectivity index (χ2n) is 10.3. The molecular formula is C28H24ClF4N5O6. The van der Waals surface area contributed by atoms with Gasteiger partial charge in [-0.2, -0.15) is 13.9 Å². The third-order valence-corrected chi connectivity index (χ3v) is 7.72. The number of carbonyl (C=O) groups excluding carboxylic acids is 2. The molecule has 5 rings (SSSR count). The Balaban J connectivity index is 1.55. The predicted molar refractivity (Wildman–Crippen MR) is 147 cm³/mol. The number of nitrogens with two attached hydrogens (primary N) is 1. The van der Waals surface area contributed by atoms with Crippen LogP contribution in [0.4, 0.5) is 17.6 Å². The SMILES string of the molecule is COc1cc(C(=O)NC[C@@](O)(CO)c2cc3c(c(-c4cc(Cl)c(F)cc4F)n2)OC[C@]3(C)C(N)=O)cc2cn(C(F)F)nc12. The average molecular weight is 638 g/mol. The minimum absolute atomic E-state index is 0.0279. The number of aliphatic hydroxyl groups excluding tert-OH is 1. The Bertz CT molecular complexity index is 1820. The number of amides is 2. The van der Waals surface area contributed by atoms with Gasteiger partial charge in [0.1, 0.15) is 52.0 Å². The van der Waals surface area contributed by atoms with Crippen molar-refractivity contribution in [3.63, 3.8) is 0 Å². The Labute approximate surface area is 251 Å². The summed E-state index contributed by atoms with van der Waals surface area (Å²) in [7, 11) is 1.26. The number of rotatable bonds is 9. The Morgan fingerprint density at radius 1 is 1.25 bits per heavy atom. The van der Waals surface area contributed by atoms with E-state index in [2.05, 4.69) is 15.4 Å². The molecule has 232 valence electrons. The molecule has 0 spiro atoms. The molecule has 5 N–H and O–H groups in total. The van der Waals surface area contributed by atoms with Crippen LogP contribution in [0.1, 0.15) is 35.1 Å². The zero-order valence-corrected chi connectivity index (χ0v) is 23.8. The quantitative estimate of drug-likeness (QED) is 0.161. The normalized spacial score (nSPS) is 17.3. The van der Waals surface area contributed by atoms with E-state index in [-0.39, 0.29) is 57.1 Å². The van der Waals surface area contributed by atoms with Gasteiger partial charge in [-0.3, -0.25) is 9.59 Å². The first-order chi connectivity index (χ1) is 20.7. The van der Waals surface area contributed by atoms with Crippen molar-refractivity contribution >= 4 is 34.3 Å². The number of alkyl halides is 2. The van der Waals surface area contributed by atoms with Gasteiger partial charge in [-0.15, -0.1) is 0 Å². The molecule has 0 unspecified atom stereocenters. The molecule has 11 nitrogen and oxygen atoms in total. The van der Waals surface area contributed by atoms with Crippen LogP contribution in [0.3, 0.4) is 0 Å². The molecule has 16 heteroatoms. The van der Waals surface area contributed by atoms with Gasteiger partial charge in [-0.1, -0.05) is 11.6 Å². The highest BCUT2D eigenvalue weighted by Gasteiger charge is 2.46. The van der Waals surface area contributed by atoms with E-state index in [1.165, 1.54) is 32.2 Å². The number of hydrogen-bond donors (Lipinski definition) is 4. The summed E-state index contributed by atoms with van der Waals surface area (Å²) in [5, 5.41) is 27.7. The fourth-order valence-corrected chi connectivity index (χ4v) is 4.94. The largest absolute Gasteiger partial charge is 0.494 e. The molecule has 44 heavy (non-hydrogen) atoms. The first kappa shape index (κ1) is 31.0. The van der Waals surface area contributed by atoms with Crippen molar-refractivity contribution in [3.8, 4) is 22.8 Å². The van der Waals surface area contributed by atoms with Crippen molar-refractivity contribution in [3.05, 3.63) is 70.0 Å². The minimum atomic E-state index is -2.94. The van der Waals surface area contributed by atoms with Crippen LogP contribution in [0.5, 0.6) is 11.5 Å². The first-order valence-electron chi connectivity index (χ1n) is 12.8. The highest BCUT2D eigenvalue weighted by molar-refractivity contribution is 6.31. The van der Waals surface area contributed by atoms with Gasteiger partial charge >= 0.3 is 6.55 Å². The Kier molecular flexibility index (Phi) is 7.90. The number of nitrogens with zero attached hydrogens (tertiary/aromatic N) is 3. The molecule has 2 amide bonds. The van der Waals surface area contributed by atoms with E-state index >= 15 is 0 Å². The molecule has 0 saturated heterocycles. The maximum atomic E-state index is 15.0. The average Bonchev–Trinajstić information content (AvgIpc) is 3.59. The number of primary amides is 1. The van der Waals surface area contributed by atoms with Gasteiger partial charge in [0, 0.05) is 34.3 Å². The Morgan fingerprint density at radius 2 is 1.98 bits per heavy atom. The summed E-state index contributed by atoms with van der Waals surface area (Å²) in [6.45, 7) is -3.46. The molecule has 2 aromatic carbocycles. The summed E-state index contributed by atoms with van der Waals surface area (Å²) in [6.07, 6.45) is 1.03. The number of aliphatic hydroxyl groups is 2. The second-order valence-corrected chi connectivity index (χ2v) is 10.7. The second kappa shape index (κ2) is 11.2. The van der Waals surface area contributed by atoms with Crippen molar-refractivity contribution in [1.29, 1.82) is 0 Å². The summed E-state index contributed by atoms with van der Waals surface area (Å²) in [5.41, 5.74) is 1.01. The van der Waals surface area contributed by atoms with Crippen LogP contribution in [0.2, 0.25) is 5.02 Å². The number of aromatic nitrogens is 3. The molecule has 1 aliphatic rings. The van der Waals surface area contributed by atoms with E-state index in [9.17, 15) is 37.4 Å². The lowest BCUT2D eigenvalue weighted by Crippen LogP contribution is -2.44. The van der Waals surface area contributed by atoms with E-state index in [4.69, 9.17) is 26.8 Å². The van der Waals surface area contributed by atoms with Gasteiger partial charge in [0.15, 0.2) is 0 Å². The molecule has 0 radical (unpaired) electrons. The fourth-order valence-electron chi connectivity index (χ4n) is 4.78. The number of methoxy groups -OCH3 is 1. The Morgan fingerprint density at radius 3 is 2.61 bits per heavy atom. The summed E-state index contributed by atoms with van der Waals surface area (Å²) >= 11 is 5.90. The number of hydrogen-bond acceptors (Lipinski definition) is 8. The van der Waals surface area contributed by atoms with Crippen LogP contribution >= 0.6 is 11.6 Å². The van der Waals surface area contributed by atoms with Crippen LogP contribution in [0.15, 0.2) is 36.5 Å². The van der Waals surface area contributed by atoms with Crippen molar-refractivity contribution in [1.82, 2.24) is 20.1 Å². The van der Waals surface area contributed by atoms with Gasteiger partial charge in [-0.25, -0.2) is 18.4 Å². The topological polar surface area (TPSA) is 162 Å². The molecule has 0 saturated carbocycles. The van der Waals surface area contributed by atoms with E-state index in [1.54, 1.807) is 0 Å². The Hall–Kier alpha value is -4.47. The zero-order chi connectivity index (χ0) is 32.1. The lowest BCUT2D eigenvalue weighted by atomic mass is 9.82. The molecule has 3 heterocycles. The number of benzene rings is 2. The summed E-state index contributed by atoms with van der Waals surface area (Å²) < 4.78 is 66.5. The van der Waals surface area contributed by atoms with Gasteiger partial charge in [-0.05, 0) is 31.2 Å². The molecule has 2 aromatic heterocycles. The van der Waals surface area contributed by atoms with Crippen LogP contribution in [0.25, 0.3) is 22.2 Å². The van der Waals surface area contributed by atoms with Crippen molar-refractivity contribution in [2.24, 2.45) is 5.73 Å². The van der Waals surface area contributed by atoms with E-state index < -0.39 is 59.2 Å². The molecule has 1 aliphatic heterocycles. The summed E-state index contributed by atoms with van der Waals surface area (Å²) in [6, 6.07) is 5.23. The van der Waals surface area contributed by atoms with Crippen LogP contribution in [-0.4, -0.2) is 63.7 Å². The summed E-state index contributed by atoms with van der Waals surface area (Å²) in [5.74, 6) is -3.81. The zero-order valence-electron chi connectivity index (χ0n) is 23.0. The molecule has 4 aromatic rings. The smallest absolute Gasteiger partial charge is 0.333 e. The first-order valence-corrected chi connectivity index (χ1v) is 13.2. The van der Waals surface area contributed by atoms with E-state index in [1.807, 2.05) is 0 Å². The molecule has 0 aliphatic carbocycles. The van der Waals surface area contributed by atoms with Crippen LogP contribution < -0.4 is 20.5 Å². The van der Waals surface area contributed by atoms with Crippen molar-refractivity contribution in [2.75, 3.05) is 26.9 Å². The van der Waals surface area contributed by atoms with Gasteiger partial charge in [0.05, 0.1) is 31.0 Å². The standard InChI is InChI=1S/C28H24ClF4N5O6/c1-27(25(34)41)11-44-23-15(27)6-20(36-22(23)14-5-16(29)18(31)7-17(14)30)28(42,10-39)9-35-24(40)12-3-13-8-38(26(32)33)37-21(13)19(4-12)43-2/h3-8,26,39,42H,9-11H2,1-2H3,(H2,34,41)(H,35,40)/t27-,28+/m0/s1. The number of carbonyl (C=O) groups is 2. The van der Waals surface area contributed by atoms with Crippen molar-refractivity contribution < 1.29 is 46.8 Å². The third-order valence-electron chi connectivity index (χ3n) is 7.43. The summed E-state index contributed by atoms with van der Waals surface area (Å²) in [4.78, 5) is 29.9. The highest BCUT2D eigenvalue weighted by atomic mass is 35.5. The van der Waals surface area contributed by atoms with Gasteiger partial charge in [0.2, 0.25) is 5.91 Å². The lowest BCUT2D eigenvalue weighted by Gasteiger charge is -2.28.